The standard InChI is InChI=1S/C23H21N5OS/c1-16-8-10-17(11-9-16)22-25-26-23(27(22)2)30-15-21(29)19-14-28(13-5-12-24)20-7-4-3-6-18(19)20/h3-4,6-11,14H,5,13,15H2,1-2H3. The summed E-state index contributed by atoms with van der Waals surface area (Å²) in [7, 11) is 1.91. The Bertz CT molecular complexity index is 1250. The molecular formula is C23H21N5OS. The molecule has 0 amide bonds. The predicted octanol–water partition coefficient (Wildman–Crippen LogP) is 4.63. The van der Waals surface area contributed by atoms with E-state index in [-0.39, 0.29) is 11.5 Å². The summed E-state index contributed by atoms with van der Waals surface area (Å²) in [6, 6.07) is 18.1. The van der Waals surface area contributed by atoms with Gasteiger partial charge in [0.15, 0.2) is 16.8 Å². The monoisotopic (exact) mass is 415 g/mol. The zero-order chi connectivity index (χ0) is 21.1. The van der Waals surface area contributed by atoms with E-state index >= 15 is 0 Å². The van der Waals surface area contributed by atoms with E-state index in [0.717, 1.165) is 22.3 Å². The first-order valence-corrected chi connectivity index (χ1v) is 10.6. The average Bonchev–Trinajstić information content (AvgIpc) is 3.32. The summed E-state index contributed by atoms with van der Waals surface area (Å²) in [6.07, 6.45) is 2.26. The third-order valence-corrected chi connectivity index (χ3v) is 6.05. The number of Topliss-reactive ketones (excluding diaryl/α,β-unsaturated/α-hetero) is 1. The van der Waals surface area contributed by atoms with Crippen molar-refractivity contribution in [1.82, 2.24) is 19.3 Å². The van der Waals surface area contributed by atoms with Gasteiger partial charge in [0.25, 0.3) is 0 Å². The number of para-hydroxylation sites is 1. The number of aryl methyl sites for hydroxylation is 2. The van der Waals surface area contributed by atoms with Gasteiger partial charge in [0.05, 0.1) is 18.2 Å². The highest BCUT2D eigenvalue weighted by atomic mass is 32.2. The molecule has 0 atom stereocenters. The Morgan fingerprint density at radius 3 is 2.67 bits per heavy atom. The third kappa shape index (κ3) is 3.87. The zero-order valence-corrected chi connectivity index (χ0v) is 17.7. The molecule has 0 fully saturated rings. The maximum Gasteiger partial charge on any atom is 0.191 e. The van der Waals surface area contributed by atoms with E-state index in [1.807, 2.05) is 77.8 Å². The fourth-order valence-corrected chi connectivity index (χ4v) is 4.22. The van der Waals surface area contributed by atoms with E-state index in [1.165, 1.54) is 17.3 Å². The lowest BCUT2D eigenvalue weighted by Gasteiger charge is -2.04. The molecule has 0 aliphatic heterocycles. The molecule has 0 bridgehead atoms. The second kappa shape index (κ2) is 8.56. The Morgan fingerprint density at radius 1 is 1.13 bits per heavy atom. The minimum absolute atomic E-state index is 0.0341. The van der Waals surface area contributed by atoms with Gasteiger partial charge in [-0.15, -0.1) is 10.2 Å². The molecular weight excluding hydrogens is 394 g/mol. The molecule has 7 heteroatoms. The van der Waals surface area contributed by atoms with Crippen LogP contribution in [-0.2, 0) is 13.6 Å². The Morgan fingerprint density at radius 2 is 1.90 bits per heavy atom. The lowest BCUT2D eigenvalue weighted by atomic mass is 10.1. The van der Waals surface area contributed by atoms with Crippen molar-refractivity contribution in [2.45, 2.75) is 25.0 Å². The Labute approximate surface area is 179 Å². The topological polar surface area (TPSA) is 76.5 Å². The van der Waals surface area contributed by atoms with Crippen molar-refractivity contribution >= 4 is 28.4 Å². The van der Waals surface area contributed by atoms with Crippen LogP contribution >= 0.6 is 11.8 Å². The third-order valence-electron chi connectivity index (χ3n) is 5.03. The van der Waals surface area contributed by atoms with E-state index in [1.54, 1.807) is 0 Å². The van der Waals surface area contributed by atoms with Gasteiger partial charge in [-0.3, -0.25) is 4.79 Å². The van der Waals surface area contributed by atoms with Crippen LogP contribution in [0.1, 0.15) is 22.3 Å². The van der Waals surface area contributed by atoms with E-state index < -0.39 is 0 Å². The molecule has 0 aliphatic carbocycles. The van der Waals surface area contributed by atoms with Crippen LogP contribution in [0.2, 0.25) is 0 Å². The molecule has 2 heterocycles. The number of carbonyl (C=O) groups is 1. The lowest BCUT2D eigenvalue weighted by molar-refractivity contribution is 0.102. The Hall–Kier alpha value is -3.37. The number of carbonyl (C=O) groups excluding carboxylic acids is 1. The van der Waals surface area contributed by atoms with Gasteiger partial charge < -0.3 is 9.13 Å². The van der Waals surface area contributed by atoms with Crippen molar-refractivity contribution in [3.63, 3.8) is 0 Å². The van der Waals surface area contributed by atoms with Crippen LogP contribution in [0.4, 0.5) is 0 Å². The van der Waals surface area contributed by atoms with Crippen LogP contribution in [0.3, 0.4) is 0 Å². The van der Waals surface area contributed by atoms with Gasteiger partial charge in [0.2, 0.25) is 0 Å². The van der Waals surface area contributed by atoms with Crippen molar-refractivity contribution in [1.29, 1.82) is 5.26 Å². The molecule has 2 aromatic carbocycles. The van der Waals surface area contributed by atoms with Gasteiger partial charge in [0.1, 0.15) is 0 Å². The minimum atomic E-state index is 0.0341. The lowest BCUT2D eigenvalue weighted by Crippen LogP contribution is -2.04. The highest BCUT2D eigenvalue weighted by molar-refractivity contribution is 7.99. The fourth-order valence-electron chi connectivity index (χ4n) is 3.43. The van der Waals surface area contributed by atoms with Crippen molar-refractivity contribution in [3.8, 4) is 17.5 Å². The van der Waals surface area contributed by atoms with Gasteiger partial charge in [-0.1, -0.05) is 59.8 Å². The zero-order valence-electron chi connectivity index (χ0n) is 16.9. The molecule has 0 unspecified atom stereocenters. The van der Waals surface area contributed by atoms with Crippen LogP contribution in [-0.4, -0.2) is 30.9 Å². The molecule has 0 radical (unpaired) electrons. The van der Waals surface area contributed by atoms with E-state index in [2.05, 4.69) is 16.3 Å². The van der Waals surface area contributed by atoms with Gasteiger partial charge in [-0.25, -0.2) is 0 Å². The number of thioether (sulfide) groups is 1. The fraction of sp³-hybridized carbons (Fsp3) is 0.217. The average molecular weight is 416 g/mol. The number of fused-ring (bicyclic) bond motifs is 1. The van der Waals surface area contributed by atoms with Gasteiger partial charge in [0, 0.05) is 41.8 Å². The van der Waals surface area contributed by atoms with Crippen LogP contribution in [0.15, 0.2) is 59.9 Å². The predicted molar refractivity (Wildman–Crippen MR) is 118 cm³/mol. The second-order valence-corrected chi connectivity index (χ2v) is 8.05. The number of rotatable bonds is 7. The number of hydrogen-bond acceptors (Lipinski definition) is 5. The van der Waals surface area contributed by atoms with Crippen molar-refractivity contribution in [2.75, 3.05) is 5.75 Å². The van der Waals surface area contributed by atoms with Gasteiger partial charge >= 0.3 is 0 Å². The van der Waals surface area contributed by atoms with E-state index in [4.69, 9.17) is 5.26 Å². The molecule has 0 aliphatic rings. The first-order chi connectivity index (χ1) is 14.6. The first-order valence-electron chi connectivity index (χ1n) is 9.65. The van der Waals surface area contributed by atoms with E-state index in [9.17, 15) is 4.79 Å². The molecule has 2 aromatic heterocycles. The maximum atomic E-state index is 13.0. The molecule has 0 saturated carbocycles. The summed E-state index contributed by atoms with van der Waals surface area (Å²) in [5.74, 6) is 1.08. The first kappa shape index (κ1) is 19.9. The second-order valence-electron chi connectivity index (χ2n) is 7.10. The molecule has 30 heavy (non-hydrogen) atoms. The molecule has 0 N–H and O–H groups in total. The van der Waals surface area contributed by atoms with E-state index in [0.29, 0.717) is 23.7 Å². The maximum absolute atomic E-state index is 13.0. The van der Waals surface area contributed by atoms with Gasteiger partial charge in [-0.2, -0.15) is 5.26 Å². The summed E-state index contributed by atoms with van der Waals surface area (Å²) in [4.78, 5) is 13.0. The van der Waals surface area contributed by atoms with Crippen LogP contribution < -0.4 is 0 Å². The highest BCUT2D eigenvalue weighted by Gasteiger charge is 2.17. The molecule has 4 aromatic rings. The largest absolute Gasteiger partial charge is 0.346 e. The van der Waals surface area contributed by atoms with Crippen LogP contribution in [0.5, 0.6) is 0 Å². The summed E-state index contributed by atoms with van der Waals surface area (Å²) >= 11 is 1.38. The minimum Gasteiger partial charge on any atom is -0.346 e. The van der Waals surface area contributed by atoms with Crippen molar-refractivity contribution < 1.29 is 4.79 Å². The Balaban J connectivity index is 1.53. The number of ketones is 1. The number of hydrogen-bond donors (Lipinski definition) is 0. The number of nitrogens with zero attached hydrogens (tertiary/aromatic N) is 5. The van der Waals surface area contributed by atoms with Crippen LogP contribution in [0, 0.1) is 18.3 Å². The SMILES string of the molecule is Cc1ccc(-c2nnc(SCC(=O)c3cn(CCC#N)c4ccccc34)n2C)cc1. The quantitative estimate of drug-likeness (QED) is 0.325. The summed E-state index contributed by atoms with van der Waals surface area (Å²) in [5, 5.41) is 19.1. The molecule has 6 nitrogen and oxygen atoms in total. The normalized spacial score (nSPS) is 11.0. The number of aromatic nitrogens is 4. The molecule has 0 saturated heterocycles. The molecule has 0 spiro atoms. The smallest absolute Gasteiger partial charge is 0.191 e. The highest BCUT2D eigenvalue weighted by Crippen LogP contribution is 2.26. The van der Waals surface area contributed by atoms with Crippen molar-refractivity contribution in [3.05, 3.63) is 65.9 Å². The summed E-state index contributed by atoms with van der Waals surface area (Å²) in [6.45, 7) is 2.62. The number of benzene rings is 2. The molecule has 4 rings (SSSR count). The Kier molecular flexibility index (Phi) is 5.68. The van der Waals surface area contributed by atoms with Gasteiger partial charge in [-0.05, 0) is 13.0 Å². The van der Waals surface area contributed by atoms with Crippen LogP contribution in [0.25, 0.3) is 22.3 Å². The summed E-state index contributed by atoms with van der Waals surface area (Å²) < 4.78 is 3.90. The van der Waals surface area contributed by atoms with Crippen molar-refractivity contribution in [2.24, 2.45) is 7.05 Å². The molecule has 150 valence electrons. The number of nitriles is 1. The summed E-state index contributed by atoms with van der Waals surface area (Å²) in [5.41, 5.74) is 3.84.